The maximum atomic E-state index is 7.43. The summed E-state index contributed by atoms with van der Waals surface area (Å²) in [6.07, 6.45) is -0.413. The summed E-state index contributed by atoms with van der Waals surface area (Å²) >= 11 is 0. The van der Waals surface area contributed by atoms with Gasteiger partial charge in [0.1, 0.15) is 24.4 Å². The average Bonchev–Trinajstić information content (AvgIpc) is 2.76. The number of hydrogen-bond acceptors (Lipinski definition) is 6. The Hall–Kier alpha value is 0.368. The molecule has 1 heterocycles. The zero-order valence-corrected chi connectivity index (χ0v) is 36.0. The molecule has 0 spiro atoms. The first-order chi connectivity index (χ1) is 18.8. The highest BCUT2D eigenvalue weighted by molar-refractivity contribution is 6.75. The molecule has 0 aromatic carbocycles. The van der Waals surface area contributed by atoms with E-state index in [4.69, 9.17) is 27.2 Å². The summed E-state index contributed by atoms with van der Waals surface area (Å²) in [6.45, 7) is 50.5. The predicted octanol–water partition coefficient (Wildman–Crippen LogP) is 10.1. The Kier molecular flexibility index (Phi) is 13.3. The molecule has 0 N–H and O–H groups in total. The molecule has 5 atom stereocenters. The van der Waals surface area contributed by atoms with E-state index in [9.17, 15) is 0 Å². The molecule has 1 aliphatic rings. The summed E-state index contributed by atoms with van der Waals surface area (Å²) in [5.41, 5.74) is 0. The minimum atomic E-state index is -2.29. The molecular formula is C33H72O6Si4. The third-order valence-corrected chi connectivity index (χ3v) is 29.0. The van der Waals surface area contributed by atoms with Crippen LogP contribution in [0.15, 0.2) is 12.7 Å². The van der Waals surface area contributed by atoms with Crippen molar-refractivity contribution in [2.24, 2.45) is 0 Å². The lowest BCUT2D eigenvalue weighted by Crippen LogP contribution is -2.68. The first kappa shape index (κ1) is 41.4. The van der Waals surface area contributed by atoms with E-state index in [-0.39, 0.29) is 38.5 Å². The van der Waals surface area contributed by atoms with Crippen molar-refractivity contribution in [3.05, 3.63) is 12.7 Å². The minimum absolute atomic E-state index is 0.00103. The molecule has 10 heteroatoms. The van der Waals surface area contributed by atoms with Gasteiger partial charge in [-0.2, -0.15) is 0 Å². The Morgan fingerprint density at radius 1 is 0.558 bits per heavy atom. The summed E-state index contributed by atoms with van der Waals surface area (Å²) < 4.78 is 42.2. The van der Waals surface area contributed by atoms with E-state index in [0.29, 0.717) is 13.2 Å². The Balaban J connectivity index is 3.93. The second-order valence-electron chi connectivity index (χ2n) is 18.8. The number of ether oxygens (including phenoxy) is 2. The van der Waals surface area contributed by atoms with Gasteiger partial charge >= 0.3 is 0 Å². The maximum absolute atomic E-state index is 7.43. The minimum Gasteiger partial charge on any atom is -0.414 e. The number of hydrogen-bond donors (Lipinski definition) is 0. The summed E-state index contributed by atoms with van der Waals surface area (Å²) in [5.74, 6) is 0. The third kappa shape index (κ3) is 10.4. The van der Waals surface area contributed by atoms with Crippen molar-refractivity contribution in [1.29, 1.82) is 0 Å². The molecule has 0 saturated carbocycles. The summed E-state index contributed by atoms with van der Waals surface area (Å²) in [4.78, 5) is 0. The van der Waals surface area contributed by atoms with Crippen molar-refractivity contribution in [3.63, 3.8) is 0 Å². The first-order valence-corrected chi connectivity index (χ1v) is 28.0. The Bertz CT molecular complexity index is 906. The first-order valence-electron chi connectivity index (χ1n) is 16.4. The lowest BCUT2D eigenvalue weighted by molar-refractivity contribution is -0.288. The van der Waals surface area contributed by atoms with Gasteiger partial charge in [-0.3, -0.25) is 0 Å². The SMILES string of the molecule is C=CCO[C@H]1O[C@H](CO[Si](C)(C)C(C)(C)C)[C@@H](O[Si](C)(C)C(C)(C)C)[C@H](O[Si](C)(C)C(C)(C)C)[C@@H]1O[Si](C)(C)C(C)(C)C. The van der Waals surface area contributed by atoms with Crippen LogP contribution in [0, 0.1) is 0 Å². The fraction of sp³-hybridized carbons (Fsp3) is 0.939. The molecule has 0 aliphatic carbocycles. The second kappa shape index (κ2) is 13.8. The average molecular weight is 677 g/mol. The summed E-state index contributed by atoms with van der Waals surface area (Å²) in [7, 11) is -8.92. The van der Waals surface area contributed by atoms with Gasteiger partial charge in [0.2, 0.25) is 0 Å². The fourth-order valence-corrected chi connectivity index (χ4v) is 8.68. The smallest absolute Gasteiger partial charge is 0.192 e. The predicted molar refractivity (Wildman–Crippen MR) is 194 cm³/mol. The largest absolute Gasteiger partial charge is 0.414 e. The lowest BCUT2D eigenvalue weighted by Gasteiger charge is -2.54. The molecule has 1 rings (SSSR count). The van der Waals surface area contributed by atoms with E-state index in [1.165, 1.54) is 0 Å². The van der Waals surface area contributed by atoms with Crippen LogP contribution in [0.1, 0.15) is 83.1 Å². The van der Waals surface area contributed by atoms with Crippen molar-refractivity contribution < 1.29 is 27.2 Å². The summed E-state index contributed by atoms with van der Waals surface area (Å²) in [5, 5.41) is 0.0705. The molecule has 0 radical (unpaired) electrons. The van der Waals surface area contributed by atoms with E-state index in [2.05, 4.69) is 142 Å². The van der Waals surface area contributed by atoms with Gasteiger partial charge in [0, 0.05) is 0 Å². The number of rotatable bonds is 12. The van der Waals surface area contributed by atoms with Crippen molar-refractivity contribution in [2.45, 2.75) is 186 Å². The molecule has 43 heavy (non-hydrogen) atoms. The normalized spacial score (nSPS) is 25.6. The highest BCUT2D eigenvalue weighted by Gasteiger charge is 2.57. The van der Waals surface area contributed by atoms with Gasteiger partial charge in [-0.15, -0.1) is 6.58 Å². The molecule has 1 saturated heterocycles. The molecule has 0 aromatic rings. The van der Waals surface area contributed by atoms with Crippen molar-refractivity contribution >= 4 is 33.3 Å². The third-order valence-electron chi connectivity index (χ3n) is 11.1. The molecule has 0 aromatic heterocycles. The van der Waals surface area contributed by atoms with Crippen molar-refractivity contribution in [1.82, 2.24) is 0 Å². The molecule has 6 nitrogen and oxygen atoms in total. The second-order valence-corrected chi connectivity index (χ2v) is 37.8. The van der Waals surface area contributed by atoms with Crippen LogP contribution in [0.25, 0.3) is 0 Å². The van der Waals surface area contributed by atoms with Crippen molar-refractivity contribution in [2.75, 3.05) is 13.2 Å². The molecular weight excluding hydrogens is 605 g/mol. The van der Waals surface area contributed by atoms with E-state index >= 15 is 0 Å². The van der Waals surface area contributed by atoms with Gasteiger partial charge in [-0.1, -0.05) is 89.2 Å². The van der Waals surface area contributed by atoms with Crippen LogP contribution < -0.4 is 0 Å². The fourth-order valence-electron chi connectivity index (χ4n) is 3.77. The van der Waals surface area contributed by atoms with Crippen LogP contribution in [0.4, 0.5) is 0 Å². The van der Waals surface area contributed by atoms with E-state index in [1.54, 1.807) is 6.08 Å². The standard InChI is InChI=1S/C33H72O6Si4/c1-22-23-34-29-28(39-43(20,21)33(11,12)13)27(38-42(18,19)32(8,9)10)26(37-41(16,17)31(5,6)7)25(36-29)24-35-40(14,15)30(2,3)4/h22,25-29H,1,23-24H2,2-21H3/t25-,26-,27+,28+,29+/m1/s1. The van der Waals surface area contributed by atoms with E-state index in [1.807, 2.05) is 0 Å². The van der Waals surface area contributed by atoms with Crippen LogP contribution >= 0.6 is 0 Å². The lowest BCUT2D eigenvalue weighted by atomic mass is 9.99. The van der Waals surface area contributed by atoms with E-state index in [0.717, 1.165) is 0 Å². The van der Waals surface area contributed by atoms with Crippen molar-refractivity contribution in [3.8, 4) is 0 Å². The molecule has 0 unspecified atom stereocenters. The van der Waals surface area contributed by atoms with Gasteiger partial charge in [-0.05, 0) is 72.5 Å². The molecule has 256 valence electrons. The Morgan fingerprint density at radius 2 is 0.907 bits per heavy atom. The molecule has 1 fully saturated rings. The van der Waals surface area contributed by atoms with Crippen LogP contribution in [0.3, 0.4) is 0 Å². The quantitative estimate of drug-likeness (QED) is 0.151. The van der Waals surface area contributed by atoms with Gasteiger partial charge in [0.05, 0.1) is 13.2 Å². The van der Waals surface area contributed by atoms with Crippen LogP contribution in [0.5, 0.6) is 0 Å². The van der Waals surface area contributed by atoms with E-state index < -0.39 is 45.7 Å². The van der Waals surface area contributed by atoms with Crippen LogP contribution in [-0.2, 0) is 27.2 Å². The van der Waals surface area contributed by atoms with Crippen LogP contribution in [0.2, 0.25) is 72.5 Å². The summed E-state index contributed by atoms with van der Waals surface area (Å²) in [6, 6.07) is 0. The Morgan fingerprint density at radius 3 is 1.26 bits per heavy atom. The van der Waals surface area contributed by atoms with Gasteiger partial charge in [0.15, 0.2) is 39.6 Å². The van der Waals surface area contributed by atoms with Gasteiger partial charge < -0.3 is 27.2 Å². The maximum Gasteiger partial charge on any atom is 0.192 e. The van der Waals surface area contributed by atoms with Crippen LogP contribution in [-0.4, -0.2) is 77.2 Å². The highest BCUT2D eigenvalue weighted by Crippen LogP contribution is 2.46. The highest BCUT2D eigenvalue weighted by atomic mass is 28.4. The zero-order chi connectivity index (χ0) is 34.3. The molecule has 0 amide bonds. The monoisotopic (exact) mass is 676 g/mol. The van der Waals surface area contributed by atoms with Gasteiger partial charge in [-0.25, -0.2) is 0 Å². The topological polar surface area (TPSA) is 55.4 Å². The molecule has 1 aliphatic heterocycles. The van der Waals surface area contributed by atoms with Gasteiger partial charge in [0.25, 0.3) is 0 Å². The zero-order valence-electron chi connectivity index (χ0n) is 32.0. The Labute approximate surface area is 271 Å². The molecule has 0 bridgehead atoms.